The largest absolute Gasteiger partial charge is 0.478 e. The number of rotatable bonds is 6. The minimum Gasteiger partial charge on any atom is -0.478 e. The molecule has 0 atom stereocenters. The molecule has 0 aromatic heterocycles. The first-order valence-electron chi connectivity index (χ1n) is 6.17. The number of urea groups is 1. The van der Waals surface area contributed by atoms with Gasteiger partial charge < -0.3 is 10.4 Å². The van der Waals surface area contributed by atoms with Crippen LogP contribution in [0.3, 0.4) is 0 Å². The minimum atomic E-state index is -1.05. The van der Waals surface area contributed by atoms with Crippen LogP contribution in [0.2, 0.25) is 5.02 Å². The quantitative estimate of drug-likeness (QED) is 0.793. The van der Waals surface area contributed by atoms with Gasteiger partial charge in [-0.3, -0.25) is 4.90 Å². The summed E-state index contributed by atoms with van der Waals surface area (Å²) in [6.45, 7) is 5.98. The summed E-state index contributed by atoms with van der Waals surface area (Å²) in [5.41, 5.74) is 0.798. The van der Waals surface area contributed by atoms with Gasteiger partial charge in [-0.15, -0.1) is 0 Å². The van der Waals surface area contributed by atoms with Crippen molar-refractivity contribution >= 4 is 29.3 Å². The Morgan fingerprint density at radius 1 is 1.35 bits per heavy atom. The molecule has 0 fully saturated rings. The van der Waals surface area contributed by atoms with Crippen LogP contribution in [0.15, 0.2) is 36.4 Å². The van der Waals surface area contributed by atoms with E-state index in [0.717, 1.165) is 5.69 Å². The molecule has 2 amide bonds. The molecule has 1 rings (SSSR count). The number of amides is 2. The van der Waals surface area contributed by atoms with E-state index >= 15 is 0 Å². The maximum absolute atomic E-state index is 12.0. The summed E-state index contributed by atoms with van der Waals surface area (Å²) in [5.74, 6) is -1.05. The lowest BCUT2D eigenvalue weighted by atomic mass is 10.2. The lowest BCUT2D eigenvalue weighted by molar-refractivity contribution is -0.132. The normalized spacial score (nSPS) is 9.90. The van der Waals surface area contributed by atoms with Gasteiger partial charge in [0.15, 0.2) is 0 Å². The highest BCUT2D eigenvalue weighted by Gasteiger charge is 2.13. The van der Waals surface area contributed by atoms with Crippen molar-refractivity contribution < 1.29 is 14.7 Å². The van der Waals surface area contributed by atoms with Gasteiger partial charge in [0.1, 0.15) is 0 Å². The molecule has 0 saturated heterocycles. The Morgan fingerprint density at radius 2 is 1.95 bits per heavy atom. The van der Waals surface area contributed by atoms with E-state index in [4.69, 9.17) is 16.7 Å². The summed E-state index contributed by atoms with van der Waals surface area (Å²) >= 11 is 5.80. The number of nitrogens with zero attached hydrogens (tertiary/aromatic N) is 1. The van der Waals surface area contributed by atoms with Gasteiger partial charge in [0.05, 0.1) is 0 Å². The number of aliphatic carboxylic acids is 1. The molecular weight excluding hydrogens is 280 g/mol. The number of benzene rings is 1. The first kappa shape index (κ1) is 16.0. The highest BCUT2D eigenvalue weighted by molar-refractivity contribution is 6.30. The van der Waals surface area contributed by atoms with E-state index in [9.17, 15) is 9.59 Å². The molecule has 0 aliphatic heterocycles. The maximum atomic E-state index is 12.0. The Balaban J connectivity index is 2.57. The predicted octanol–water partition coefficient (Wildman–Crippen LogP) is 2.91. The average Bonchev–Trinajstić information content (AvgIpc) is 2.41. The topological polar surface area (TPSA) is 69.6 Å². The van der Waals surface area contributed by atoms with E-state index < -0.39 is 5.97 Å². The molecule has 0 bridgehead atoms. The number of hydrogen-bond acceptors (Lipinski definition) is 2. The third-order valence-corrected chi connectivity index (χ3v) is 2.96. The van der Waals surface area contributed by atoms with E-state index in [-0.39, 0.29) is 24.6 Å². The van der Waals surface area contributed by atoms with E-state index in [1.54, 1.807) is 29.2 Å². The molecular formula is C14H17ClN2O3. The van der Waals surface area contributed by atoms with Crippen molar-refractivity contribution in [3.8, 4) is 0 Å². The fraction of sp³-hybridized carbons (Fsp3) is 0.286. The zero-order chi connectivity index (χ0) is 15.1. The van der Waals surface area contributed by atoms with Crippen molar-refractivity contribution in [2.24, 2.45) is 0 Å². The molecule has 0 unspecified atom stereocenters. The third-order valence-electron chi connectivity index (χ3n) is 2.71. The molecule has 0 aliphatic rings. The molecule has 0 saturated carbocycles. The summed E-state index contributed by atoms with van der Waals surface area (Å²) in [7, 11) is 0. The van der Waals surface area contributed by atoms with Crippen LogP contribution in [0.1, 0.15) is 13.3 Å². The van der Waals surface area contributed by atoms with E-state index in [1.165, 1.54) is 0 Å². The molecule has 20 heavy (non-hydrogen) atoms. The third kappa shape index (κ3) is 4.59. The monoisotopic (exact) mass is 296 g/mol. The Morgan fingerprint density at radius 3 is 2.45 bits per heavy atom. The first-order chi connectivity index (χ1) is 9.45. The number of carbonyl (C=O) groups excluding carboxylic acids is 1. The second kappa shape index (κ2) is 7.55. The average molecular weight is 297 g/mol. The van der Waals surface area contributed by atoms with Gasteiger partial charge in [0.2, 0.25) is 0 Å². The zero-order valence-corrected chi connectivity index (χ0v) is 12.0. The Labute approximate surface area is 122 Å². The number of carboxylic acid groups (broad SMARTS) is 1. The molecule has 5 nitrogen and oxygen atoms in total. The van der Waals surface area contributed by atoms with Crippen LogP contribution in [-0.2, 0) is 4.79 Å². The number of carbonyl (C=O) groups is 2. The Kier molecular flexibility index (Phi) is 6.06. The van der Waals surface area contributed by atoms with Gasteiger partial charge >= 0.3 is 12.0 Å². The van der Waals surface area contributed by atoms with Gasteiger partial charge in [0, 0.05) is 29.4 Å². The zero-order valence-electron chi connectivity index (χ0n) is 11.2. The number of halogens is 1. The smallest absolute Gasteiger partial charge is 0.331 e. The van der Waals surface area contributed by atoms with Gasteiger partial charge in [-0.2, -0.15) is 0 Å². The molecule has 2 N–H and O–H groups in total. The summed E-state index contributed by atoms with van der Waals surface area (Å²) in [4.78, 5) is 24.1. The van der Waals surface area contributed by atoms with Crippen molar-refractivity contribution in [2.75, 3.05) is 18.0 Å². The fourth-order valence-corrected chi connectivity index (χ4v) is 1.71. The number of nitrogens with one attached hydrogen (secondary N) is 1. The Bertz CT molecular complexity index is 500. The summed E-state index contributed by atoms with van der Waals surface area (Å²) < 4.78 is 0. The van der Waals surface area contributed by atoms with E-state index in [0.29, 0.717) is 11.6 Å². The molecule has 1 aromatic carbocycles. The summed E-state index contributed by atoms with van der Waals surface area (Å²) in [5, 5.41) is 11.9. The van der Waals surface area contributed by atoms with Crippen molar-refractivity contribution in [2.45, 2.75) is 13.3 Å². The summed E-state index contributed by atoms with van der Waals surface area (Å²) in [6.07, 6.45) is 0.208. The van der Waals surface area contributed by atoms with Gasteiger partial charge in [0.25, 0.3) is 0 Å². The lowest BCUT2D eigenvalue weighted by Gasteiger charge is -2.21. The standard InChI is InChI=1S/C14H17ClN2O3/c1-3-17(12-6-4-11(15)5-7-12)14(20)16-9-8-10(2)13(18)19/h4-7H,2-3,8-9H2,1H3,(H,16,20)(H,18,19). The first-order valence-corrected chi connectivity index (χ1v) is 6.55. The number of carboxylic acids is 1. The van der Waals surface area contributed by atoms with Gasteiger partial charge in [-0.05, 0) is 37.6 Å². The van der Waals surface area contributed by atoms with Gasteiger partial charge in [-0.1, -0.05) is 18.2 Å². The number of anilines is 1. The van der Waals surface area contributed by atoms with E-state index in [1.807, 2.05) is 6.92 Å². The van der Waals surface area contributed by atoms with Crippen molar-refractivity contribution in [3.05, 3.63) is 41.4 Å². The molecule has 6 heteroatoms. The Hall–Kier alpha value is -2.01. The molecule has 0 radical (unpaired) electrons. The number of hydrogen-bond donors (Lipinski definition) is 2. The van der Waals surface area contributed by atoms with Crippen molar-refractivity contribution in [3.63, 3.8) is 0 Å². The SMILES string of the molecule is C=C(CCNC(=O)N(CC)c1ccc(Cl)cc1)C(=O)O. The highest BCUT2D eigenvalue weighted by atomic mass is 35.5. The van der Waals surface area contributed by atoms with Crippen LogP contribution in [0.5, 0.6) is 0 Å². The van der Waals surface area contributed by atoms with Crippen molar-refractivity contribution in [1.29, 1.82) is 0 Å². The van der Waals surface area contributed by atoms with Crippen LogP contribution < -0.4 is 10.2 Å². The predicted molar refractivity (Wildman–Crippen MR) is 79.3 cm³/mol. The molecule has 108 valence electrons. The maximum Gasteiger partial charge on any atom is 0.331 e. The van der Waals surface area contributed by atoms with Crippen LogP contribution in [0.25, 0.3) is 0 Å². The highest BCUT2D eigenvalue weighted by Crippen LogP contribution is 2.17. The van der Waals surface area contributed by atoms with E-state index in [2.05, 4.69) is 11.9 Å². The minimum absolute atomic E-state index is 0.0693. The molecule has 0 aliphatic carbocycles. The van der Waals surface area contributed by atoms with Crippen LogP contribution in [-0.4, -0.2) is 30.2 Å². The second-order valence-corrected chi connectivity index (χ2v) is 4.55. The molecule has 0 heterocycles. The lowest BCUT2D eigenvalue weighted by Crippen LogP contribution is -2.40. The second-order valence-electron chi connectivity index (χ2n) is 4.11. The summed E-state index contributed by atoms with van der Waals surface area (Å²) in [6, 6.07) is 6.63. The fourth-order valence-electron chi connectivity index (χ4n) is 1.59. The van der Waals surface area contributed by atoms with Crippen LogP contribution in [0.4, 0.5) is 10.5 Å². The van der Waals surface area contributed by atoms with Crippen molar-refractivity contribution in [1.82, 2.24) is 5.32 Å². The van der Waals surface area contributed by atoms with Crippen LogP contribution in [0, 0.1) is 0 Å². The molecule has 1 aromatic rings. The molecule has 0 spiro atoms. The van der Waals surface area contributed by atoms with Gasteiger partial charge in [-0.25, -0.2) is 9.59 Å². The van der Waals surface area contributed by atoms with Crippen LogP contribution >= 0.6 is 11.6 Å².